The Hall–Kier alpha value is -2.68. The Morgan fingerprint density at radius 1 is 1.32 bits per heavy atom. The third kappa shape index (κ3) is 3.98. The average Bonchev–Trinajstić information content (AvgIpc) is 3.19. The molecule has 4 atom stereocenters. The standard InChI is InChI=1S/C23H25FN2O5/c24-18-3-1-2-4-21(18)31-17-8-16-10-26(13-23(16,29)9-17)11-20(27)14-5-6-19-15(7-14)12-30-22(28)25-19/h1-7,16-17,20,27,29H,8-13H2,(H,25,28)/t16-,17+,20+,23-/m1/s1. The SMILES string of the molecule is O=C1Nc2ccc([C@@H](O)CN3C[C@H]4C[C@H](Oc5ccccc5F)C[C@@]4(O)C3)cc2CO1. The van der Waals surface area contributed by atoms with E-state index >= 15 is 0 Å². The largest absolute Gasteiger partial charge is 0.487 e. The summed E-state index contributed by atoms with van der Waals surface area (Å²) in [4.78, 5) is 13.4. The second kappa shape index (κ2) is 7.78. The molecule has 1 amide bonds. The van der Waals surface area contributed by atoms with E-state index in [1.165, 1.54) is 6.07 Å². The van der Waals surface area contributed by atoms with Gasteiger partial charge in [0.05, 0.1) is 17.4 Å². The van der Waals surface area contributed by atoms with Crippen LogP contribution < -0.4 is 10.1 Å². The van der Waals surface area contributed by atoms with Crippen LogP contribution >= 0.6 is 0 Å². The zero-order chi connectivity index (χ0) is 21.6. The molecule has 2 aromatic carbocycles. The van der Waals surface area contributed by atoms with E-state index in [1.807, 2.05) is 6.07 Å². The van der Waals surface area contributed by atoms with Crippen molar-refractivity contribution in [3.63, 3.8) is 0 Å². The number of β-amino-alcohol motifs (C(OH)–C–C–N with tert-alkyl or cyclic N) is 2. The van der Waals surface area contributed by atoms with Gasteiger partial charge in [-0.1, -0.05) is 18.2 Å². The monoisotopic (exact) mass is 428 g/mol. The highest BCUT2D eigenvalue weighted by molar-refractivity contribution is 5.87. The Bertz CT molecular complexity index is 1000. The molecule has 5 rings (SSSR count). The number of carbonyl (C=O) groups is 1. The fraction of sp³-hybridized carbons (Fsp3) is 0.435. The minimum atomic E-state index is -0.899. The number of aliphatic hydroxyl groups excluding tert-OH is 1. The molecule has 0 bridgehead atoms. The van der Waals surface area contributed by atoms with E-state index < -0.39 is 23.6 Å². The Kier molecular flexibility index (Phi) is 5.08. The molecule has 3 aliphatic rings. The van der Waals surface area contributed by atoms with Crippen LogP contribution in [0.25, 0.3) is 0 Å². The lowest BCUT2D eigenvalue weighted by Gasteiger charge is -2.25. The van der Waals surface area contributed by atoms with Gasteiger partial charge in [0.25, 0.3) is 0 Å². The number of halogens is 1. The number of benzene rings is 2. The number of para-hydroxylation sites is 1. The van der Waals surface area contributed by atoms with Crippen molar-refractivity contribution in [3.8, 4) is 5.75 Å². The Balaban J connectivity index is 1.19. The summed E-state index contributed by atoms with van der Waals surface area (Å²) in [5.74, 6) is -0.161. The number of rotatable bonds is 5. The number of carbonyl (C=O) groups excluding carboxylic acids is 1. The average molecular weight is 428 g/mol. The summed E-state index contributed by atoms with van der Waals surface area (Å²) in [6, 6.07) is 11.7. The van der Waals surface area contributed by atoms with Gasteiger partial charge in [0, 0.05) is 37.5 Å². The number of fused-ring (bicyclic) bond motifs is 2. The minimum Gasteiger partial charge on any atom is -0.487 e. The molecule has 2 fully saturated rings. The number of anilines is 1. The number of cyclic esters (lactones) is 1. The number of ether oxygens (including phenoxy) is 2. The summed E-state index contributed by atoms with van der Waals surface area (Å²) in [5.41, 5.74) is 1.35. The Labute approximate surface area is 179 Å². The van der Waals surface area contributed by atoms with E-state index in [0.717, 1.165) is 11.1 Å². The van der Waals surface area contributed by atoms with Crippen LogP contribution in [-0.4, -0.2) is 52.5 Å². The van der Waals surface area contributed by atoms with Gasteiger partial charge in [-0.2, -0.15) is 0 Å². The van der Waals surface area contributed by atoms with Gasteiger partial charge in [-0.25, -0.2) is 9.18 Å². The molecule has 0 spiro atoms. The molecule has 3 N–H and O–H groups in total. The van der Waals surface area contributed by atoms with Crippen molar-refractivity contribution in [3.05, 3.63) is 59.4 Å². The van der Waals surface area contributed by atoms with Crippen LogP contribution in [0.1, 0.15) is 30.1 Å². The Morgan fingerprint density at radius 2 is 2.16 bits per heavy atom. The number of amides is 1. The molecule has 2 heterocycles. The molecular weight excluding hydrogens is 403 g/mol. The number of nitrogens with one attached hydrogen (secondary N) is 1. The van der Waals surface area contributed by atoms with Crippen LogP contribution in [0.5, 0.6) is 5.75 Å². The lowest BCUT2D eigenvalue weighted by molar-refractivity contribution is 0.0175. The predicted octanol–water partition coefficient (Wildman–Crippen LogP) is 2.83. The van der Waals surface area contributed by atoms with Crippen molar-refractivity contribution in [2.75, 3.05) is 25.0 Å². The maximum Gasteiger partial charge on any atom is 0.411 e. The van der Waals surface area contributed by atoms with Crippen LogP contribution in [0.3, 0.4) is 0 Å². The number of hydrogen-bond acceptors (Lipinski definition) is 6. The molecule has 1 saturated heterocycles. The van der Waals surface area contributed by atoms with Crippen LogP contribution in [0.2, 0.25) is 0 Å². The predicted molar refractivity (Wildman–Crippen MR) is 110 cm³/mol. The van der Waals surface area contributed by atoms with Crippen molar-refractivity contribution >= 4 is 11.8 Å². The summed E-state index contributed by atoms with van der Waals surface area (Å²) in [6.07, 6.45) is -0.345. The number of likely N-dealkylation sites (tertiary alicyclic amines) is 1. The number of aliphatic hydroxyl groups is 2. The fourth-order valence-electron chi connectivity index (χ4n) is 5.03. The quantitative estimate of drug-likeness (QED) is 0.679. The van der Waals surface area contributed by atoms with Crippen LogP contribution in [-0.2, 0) is 11.3 Å². The van der Waals surface area contributed by atoms with E-state index in [-0.39, 0.29) is 24.4 Å². The van der Waals surface area contributed by atoms with Gasteiger partial charge in [0.2, 0.25) is 0 Å². The topological polar surface area (TPSA) is 91.3 Å². The Morgan fingerprint density at radius 3 is 2.97 bits per heavy atom. The third-order valence-electron chi connectivity index (χ3n) is 6.54. The number of nitrogens with zero attached hydrogens (tertiary/aromatic N) is 1. The summed E-state index contributed by atoms with van der Waals surface area (Å²) in [7, 11) is 0. The molecule has 0 unspecified atom stereocenters. The second-order valence-electron chi connectivity index (χ2n) is 8.74. The van der Waals surface area contributed by atoms with Crippen molar-refractivity contribution in [1.82, 2.24) is 4.90 Å². The number of hydrogen-bond donors (Lipinski definition) is 3. The van der Waals surface area contributed by atoms with Crippen molar-refractivity contribution in [1.29, 1.82) is 0 Å². The summed E-state index contributed by atoms with van der Waals surface area (Å²) < 4.78 is 24.7. The molecule has 2 aromatic rings. The maximum absolute atomic E-state index is 13.9. The molecular formula is C23H25FN2O5. The zero-order valence-corrected chi connectivity index (χ0v) is 17.0. The third-order valence-corrected chi connectivity index (χ3v) is 6.54. The molecule has 2 aliphatic heterocycles. The highest BCUT2D eigenvalue weighted by Crippen LogP contribution is 2.43. The second-order valence-corrected chi connectivity index (χ2v) is 8.74. The van der Waals surface area contributed by atoms with Crippen molar-refractivity contribution in [2.45, 2.75) is 37.3 Å². The van der Waals surface area contributed by atoms with Crippen LogP contribution in [0, 0.1) is 11.7 Å². The van der Waals surface area contributed by atoms with Crippen molar-refractivity contribution < 1.29 is 28.9 Å². The van der Waals surface area contributed by atoms with E-state index in [1.54, 1.807) is 30.3 Å². The first-order valence-corrected chi connectivity index (χ1v) is 10.5. The van der Waals surface area contributed by atoms with E-state index in [4.69, 9.17) is 9.47 Å². The van der Waals surface area contributed by atoms with Crippen molar-refractivity contribution in [2.24, 2.45) is 5.92 Å². The summed E-state index contributed by atoms with van der Waals surface area (Å²) >= 11 is 0. The van der Waals surface area contributed by atoms with Crippen LogP contribution in [0.4, 0.5) is 14.9 Å². The van der Waals surface area contributed by atoms with E-state index in [0.29, 0.717) is 38.2 Å². The highest BCUT2D eigenvalue weighted by atomic mass is 19.1. The molecule has 31 heavy (non-hydrogen) atoms. The lowest BCUT2D eigenvalue weighted by atomic mass is 9.95. The first-order chi connectivity index (χ1) is 14.9. The van der Waals surface area contributed by atoms with Gasteiger partial charge in [-0.15, -0.1) is 0 Å². The van der Waals surface area contributed by atoms with E-state index in [2.05, 4.69) is 10.2 Å². The maximum atomic E-state index is 13.9. The smallest absolute Gasteiger partial charge is 0.411 e. The molecule has 8 heteroatoms. The summed E-state index contributed by atoms with van der Waals surface area (Å²) in [6.45, 7) is 1.66. The summed E-state index contributed by atoms with van der Waals surface area (Å²) in [5, 5.41) is 24.5. The van der Waals surface area contributed by atoms with Gasteiger partial charge < -0.3 is 19.7 Å². The van der Waals surface area contributed by atoms with Crippen LogP contribution in [0.15, 0.2) is 42.5 Å². The molecule has 0 radical (unpaired) electrons. The minimum absolute atomic E-state index is 0.0172. The van der Waals surface area contributed by atoms with Gasteiger partial charge in [0.15, 0.2) is 11.6 Å². The molecule has 7 nitrogen and oxygen atoms in total. The molecule has 0 aromatic heterocycles. The lowest BCUT2D eigenvalue weighted by Crippen LogP contribution is -2.36. The molecule has 1 aliphatic carbocycles. The fourth-order valence-corrected chi connectivity index (χ4v) is 5.03. The highest BCUT2D eigenvalue weighted by Gasteiger charge is 2.52. The molecule has 1 saturated carbocycles. The first-order valence-electron chi connectivity index (χ1n) is 10.5. The molecule has 164 valence electrons. The first kappa shape index (κ1) is 20.2. The van der Waals surface area contributed by atoms with E-state index in [9.17, 15) is 19.4 Å². The normalized spacial score (nSPS) is 28.4. The van der Waals surface area contributed by atoms with Gasteiger partial charge in [-0.05, 0) is 36.2 Å². The van der Waals surface area contributed by atoms with Gasteiger partial charge in [0.1, 0.15) is 12.7 Å². The zero-order valence-electron chi connectivity index (χ0n) is 17.0. The van der Waals surface area contributed by atoms with Gasteiger partial charge in [-0.3, -0.25) is 10.2 Å². The van der Waals surface area contributed by atoms with Gasteiger partial charge >= 0.3 is 6.09 Å².